The summed E-state index contributed by atoms with van der Waals surface area (Å²) < 4.78 is 5.31. The number of carbonyl (C=O) groups excluding carboxylic acids is 2. The number of hydrogen-bond donors (Lipinski definition) is 1. The molecule has 0 aliphatic rings. The van der Waals surface area contributed by atoms with Crippen LogP contribution in [0, 0.1) is 22.7 Å². The van der Waals surface area contributed by atoms with Crippen molar-refractivity contribution in [2.45, 2.75) is 0 Å². The molecular formula is C24H15N3O3. The van der Waals surface area contributed by atoms with Gasteiger partial charge >= 0.3 is 5.97 Å². The van der Waals surface area contributed by atoms with E-state index in [1.54, 1.807) is 72.8 Å². The molecule has 3 aromatic rings. The van der Waals surface area contributed by atoms with E-state index in [0.717, 1.165) is 0 Å². The second kappa shape index (κ2) is 9.50. The molecule has 0 saturated carbocycles. The summed E-state index contributed by atoms with van der Waals surface area (Å²) in [5.41, 5.74) is 1.89. The number of esters is 1. The van der Waals surface area contributed by atoms with Crippen LogP contribution in [0.1, 0.15) is 21.5 Å². The molecule has 0 aromatic heterocycles. The van der Waals surface area contributed by atoms with E-state index in [9.17, 15) is 14.9 Å². The molecule has 1 amide bonds. The molecular weight excluding hydrogens is 378 g/mol. The smallest absolute Gasteiger partial charge is 0.343 e. The Morgan fingerprint density at radius 1 is 0.867 bits per heavy atom. The molecule has 0 spiro atoms. The summed E-state index contributed by atoms with van der Waals surface area (Å²) in [7, 11) is 0. The van der Waals surface area contributed by atoms with Gasteiger partial charge in [0.1, 0.15) is 17.4 Å². The number of benzene rings is 3. The number of nitrogens with zero attached hydrogens (tertiary/aromatic N) is 2. The van der Waals surface area contributed by atoms with E-state index in [1.807, 2.05) is 18.2 Å². The largest absolute Gasteiger partial charge is 0.423 e. The molecule has 0 saturated heterocycles. The molecule has 0 atom stereocenters. The standard InChI is InChI=1S/C24H15N3O3/c25-15-18-6-10-21(11-7-18)27-23(28)20(16-26)14-17-8-12-22(13-9-17)30-24(29)19-4-2-1-3-5-19/h1-14H,(H,27,28)/b20-14+. The summed E-state index contributed by atoms with van der Waals surface area (Å²) in [5.74, 6) is -0.693. The van der Waals surface area contributed by atoms with Crippen molar-refractivity contribution in [2.24, 2.45) is 0 Å². The van der Waals surface area contributed by atoms with Gasteiger partial charge in [0.05, 0.1) is 17.2 Å². The topological polar surface area (TPSA) is 103 Å². The first kappa shape index (κ1) is 20.1. The Kier molecular flexibility index (Phi) is 6.35. The first-order valence-corrected chi connectivity index (χ1v) is 8.89. The second-order valence-electron chi connectivity index (χ2n) is 6.14. The quantitative estimate of drug-likeness (QED) is 0.301. The highest BCUT2D eigenvalue weighted by Gasteiger charge is 2.11. The van der Waals surface area contributed by atoms with Gasteiger partial charge in [-0.05, 0) is 60.2 Å². The molecule has 0 radical (unpaired) electrons. The first-order chi connectivity index (χ1) is 14.6. The fourth-order valence-electron chi connectivity index (χ4n) is 2.51. The molecule has 0 unspecified atom stereocenters. The molecule has 6 nitrogen and oxygen atoms in total. The van der Waals surface area contributed by atoms with Gasteiger partial charge in [-0.25, -0.2) is 4.79 Å². The Balaban J connectivity index is 1.68. The molecule has 6 heteroatoms. The third-order valence-electron chi connectivity index (χ3n) is 4.05. The monoisotopic (exact) mass is 393 g/mol. The minimum absolute atomic E-state index is 0.0895. The molecule has 144 valence electrons. The Labute approximate surface area is 173 Å². The normalized spacial score (nSPS) is 10.4. The van der Waals surface area contributed by atoms with Crippen molar-refractivity contribution >= 4 is 23.6 Å². The maximum atomic E-state index is 12.3. The summed E-state index contributed by atoms with van der Waals surface area (Å²) in [4.78, 5) is 24.4. The van der Waals surface area contributed by atoms with Crippen LogP contribution >= 0.6 is 0 Å². The van der Waals surface area contributed by atoms with Crippen LogP contribution in [-0.2, 0) is 4.79 Å². The Morgan fingerprint density at radius 2 is 1.53 bits per heavy atom. The third kappa shape index (κ3) is 5.19. The lowest BCUT2D eigenvalue weighted by molar-refractivity contribution is -0.112. The molecule has 0 aliphatic heterocycles. The van der Waals surface area contributed by atoms with Gasteiger partial charge < -0.3 is 10.1 Å². The van der Waals surface area contributed by atoms with Gasteiger partial charge in [-0.1, -0.05) is 30.3 Å². The van der Waals surface area contributed by atoms with Crippen LogP contribution in [0.25, 0.3) is 6.08 Å². The average Bonchev–Trinajstić information content (AvgIpc) is 2.79. The second-order valence-corrected chi connectivity index (χ2v) is 6.14. The summed E-state index contributed by atoms with van der Waals surface area (Å²) in [6.07, 6.45) is 1.43. The van der Waals surface area contributed by atoms with Crippen molar-refractivity contribution in [2.75, 3.05) is 5.32 Å². The number of anilines is 1. The number of rotatable bonds is 5. The van der Waals surface area contributed by atoms with Crippen molar-refractivity contribution in [3.05, 3.63) is 101 Å². The zero-order chi connectivity index (χ0) is 21.3. The highest BCUT2D eigenvalue weighted by Crippen LogP contribution is 2.17. The number of amides is 1. The molecule has 3 aromatic carbocycles. The van der Waals surface area contributed by atoms with Gasteiger partial charge in [0.2, 0.25) is 0 Å². The van der Waals surface area contributed by atoms with Crippen LogP contribution in [0.15, 0.2) is 84.4 Å². The minimum Gasteiger partial charge on any atom is -0.423 e. The average molecular weight is 393 g/mol. The van der Waals surface area contributed by atoms with Crippen LogP contribution < -0.4 is 10.1 Å². The highest BCUT2D eigenvalue weighted by molar-refractivity contribution is 6.09. The van der Waals surface area contributed by atoms with Crippen LogP contribution in [-0.4, -0.2) is 11.9 Å². The lowest BCUT2D eigenvalue weighted by Gasteiger charge is -2.06. The molecule has 0 aliphatic carbocycles. The third-order valence-corrected chi connectivity index (χ3v) is 4.05. The van der Waals surface area contributed by atoms with E-state index in [-0.39, 0.29) is 5.57 Å². The Morgan fingerprint density at radius 3 is 2.13 bits per heavy atom. The van der Waals surface area contributed by atoms with E-state index in [1.165, 1.54) is 6.08 Å². The number of carbonyl (C=O) groups is 2. The van der Waals surface area contributed by atoms with Gasteiger partial charge in [0.25, 0.3) is 5.91 Å². The van der Waals surface area contributed by atoms with Crippen molar-refractivity contribution in [3.8, 4) is 17.9 Å². The van der Waals surface area contributed by atoms with Crippen LogP contribution in [0.2, 0.25) is 0 Å². The Hall–Kier alpha value is -4.68. The zero-order valence-corrected chi connectivity index (χ0v) is 15.7. The SMILES string of the molecule is N#C/C(=C\c1ccc(OC(=O)c2ccccc2)cc1)C(=O)Nc1ccc(C#N)cc1. The molecule has 30 heavy (non-hydrogen) atoms. The summed E-state index contributed by atoms with van der Waals surface area (Å²) in [6.45, 7) is 0. The van der Waals surface area contributed by atoms with Crippen molar-refractivity contribution in [1.29, 1.82) is 10.5 Å². The van der Waals surface area contributed by atoms with Gasteiger partial charge in [0.15, 0.2) is 0 Å². The van der Waals surface area contributed by atoms with E-state index in [4.69, 9.17) is 10.00 Å². The molecule has 0 fully saturated rings. The summed E-state index contributed by atoms with van der Waals surface area (Å²) >= 11 is 0. The van der Waals surface area contributed by atoms with E-state index in [0.29, 0.717) is 28.1 Å². The molecule has 0 heterocycles. The number of nitriles is 2. The van der Waals surface area contributed by atoms with Crippen molar-refractivity contribution in [1.82, 2.24) is 0 Å². The number of nitrogens with one attached hydrogen (secondary N) is 1. The summed E-state index contributed by atoms with van der Waals surface area (Å²) in [5, 5.41) is 20.7. The maximum Gasteiger partial charge on any atom is 0.343 e. The van der Waals surface area contributed by atoms with E-state index < -0.39 is 11.9 Å². The van der Waals surface area contributed by atoms with Crippen molar-refractivity contribution in [3.63, 3.8) is 0 Å². The predicted octanol–water partition coefficient (Wildman–Crippen LogP) is 4.32. The van der Waals surface area contributed by atoms with Gasteiger partial charge in [-0.2, -0.15) is 10.5 Å². The minimum atomic E-state index is -0.568. The maximum absolute atomic E-state index is 12.3. The highest BCUT2D eigenvalue weighted by atomic mass is 16.5. The summed E-state index contributed by atoms with van der Waals surface area (Å²) in [6, 6.07) is 25.2. The fourth-order valence-corrected chi connectivity index (χ4v) is 2.51. The zero-order valence-electron chi connectivity index (χ0n) is 15.7. The first-order valence-electron chi connectivity index (χ1n) is 8.89. The molecule has 3 rings (SSSR count). The molecule has 0 bridgehead atoms. The number of hydrogen-bond acceptors (Lipinski definition) is 5. The van der Waals surface area contributed by atoms with Gasteiger partial charge in [-0.15, -0.1) is 0 Å². The van der Waals surface area contributed by atoms with Crippen LogP contribution in [0.5, 0.6) is 5.75 Å². The van der Waals surface area contributed by atoms with Crippen molar-refractivity contribution < 1.29 is 14.3 Å². The lowest BCUT2D eigenvalue weighted by atomic mass is 10.1. The number of ether oxygens (including phenoxy) is 1. The van der Waals surface area contributed by atoms with Crippen LogP contribution in [0.3, 0.4) is 0 Å². The molecule has 1 N–H and O–H groups in total. The Bertz CT molecular complexity index is 1170. The van der Waals surface area contributed by atoms with Gasteiger partial charge in [0, 0.05) is 5.69 Å². The van der Waals surface area contributed by atoms with Crippen LogP contribution in [0.4, 0.5) is 5.69 Å². The predicted molar refractivity (Wildman–Crippen MR) is 111 cm³/mol. The van der Waals surface area contributed by atoms with E-state index in [2.05, 4.69) is 5.32 Å². The van der Waals surface area contributed by atoms with E-state index >= 15 is 0 Å². The van der Waals surface area contributed by atoms with Gasteiger partial charge in [-0.3, -0.25) is 4.79 Å². The lowest BCUT2D eigenvalue weighted by Crippen LogP contribution is -2.13. The fraction of sp³-hybridized carbons (Fsp3) is 0.